The number of aryl methyl sites for hydroxylation is 1. The van der Waals surface area contributed by atoms with Crippen molar-refractivity contribution in [3.05, 3.63) is 18.0 Å². The van der Waals surface area contributed by atoms with E-state index in [2.05, 4.69) is 10.4 Å². The fourth-order valence-corrected chi connectivity index (χ4v) is 2.47. The molecule has 19 heavy (non-hydrogen) atoms. The van der Waals surface area contributed by atoms with Crippen molar-refractivity contribution in [2.45, 2.75) is 32.7 Å². The van der Waals surface area contributed by atoms with E-state index in [1.807, 2.05) is 13.1 Å². The summed E-state index contributed by atoms with van der Waals surface area (Å²) in [6.07, 6.45) is 5.43. The molecule has 2 N–H and O–H groups in total. The first-order chi connectivity index (χ1) is 9.06. The number of rotatable bonds is 5. The first kappa shape index (κ1) is 13.6. The number of nitrogens with one attached hydrogen (secondary N) is 1. The van der Waals surface area contributed by atoms with Gasteiger partial charge in [0.2, 0.25) is 5.91 Å². The molecule has 0 bridgehead atoms. The van der Waals surface area contributed by atoms with Crippen LogP contribution in [0.2, 0.25) is 0 Å². The highest BCUT2D eigenvalue weighted by Gasteiger charge is 2.33. The number of aliphatic carboxylic acids is 1. The van der Waals surface area contributed by atoms with Gasteiger partial charge in [-0.2, -0.15) is 5.10 Å². The quantitative estimate of drug-likeness (QED) is 0.825. The van der Waals surface area contributed by atoms with E-state index < -0.39 is 5.97 Å². The molecule has 0 saturated heterocycles. The molecule has 0 spiro atoms. The molecular formula is C13H19N3O3. The highest BCUT2D eigenvalue weighted by Crippen LogP contribution is 2.30. The van der Waals surface area contributed by atoms with E-state index in [4.69, 9.17) is 5.11 Å². The summed E-state index contributed by atoms with van der Waals surface area (Å²) in [5.41, 5.74) is 1.09. The number of carboxylic acid groups (broad SMARTS) is 1. The summed E-state index contributed by atoms with van der Waals surface area (Å²) in [4.78, 5) is 22.7. The summed E-state index contributed by atoms with van der Waals surface area (Å²) in [6, 6.07) is 0. The zero-order valence-electron chi connectivity index (χ0n) is 11.0. The van der Waals surface area contributed by atoms with E-state index >= 15 is 0 Å². The number of hydrogen-bond donors (Lipinski definition) is 2. The molecule has 1 saturated carbocycles. The van der Waals surface area contributed by atoms with Gasteiger partial charge in [0.15, 0.2) is 0 Å². The van der Waals surface area contributed by atoms with Crippen LogP contribution in [0.3, 0.4) is 0 Å². The molecule has 0 aromatic carbocycles. The van der Waals surface area contributed by atoms with E-state index in [0.717, 1.165) is 5.56 Å². The molecule has 6 heteroatoms. The molecule has 1 aromatic heterocycles. The van der Waals surface area contributed by atoms with Crippen molar-refractivity contribution in [1.82, 2.24) is 15.1 Å². The zero-order chi connectivity index (χ0) is 13.8. The van der Waals surface area contributed by atoms with Crippen LogP contribution < -0.4 is 5.32 Å². The Bertz CT molecular complexity index is 469. The maximum atomic E-state index is 11.9. The smallest absolute Gasteiger partial charge is 0.306 e. The molecule has 1 heterocycles. The van der Waals surface area contributed by atoms with E-state index in [9.17, 15) is 9.59 Å². The van der Waals surface area contributed by atoms with Crippen molar-refractivity contribution < 1.29 is 14.7 Å². The van der Waals surface area contributed by atoms with Gasteiger partial charge in [-0.25, -0.2) is 0 Å². The third-order valence-electron chi connectivity index (χ3n) is 3.56. The van der Waals surface area contributed by atoms with Crippen molar-refractivity contribution in [3.8, 4) is 0 Å². The summed E-state index contributed by atoms with van der Waals surface area (Å²) in [5.74, 6) is -1.33. The average molecular weight is 265 g/mol. The fourth-order valence-electron chi connectivity index (χ4n) is 2.47. The standard InChI is InChI=1S/C13H19N3O3/c1-9-7-15-16(8-9)5-4-14-12(17)10-2-3-11(6-10)13(18)19/h7-8,10-11H,2-6H2,1H3,(H,14,17)(H,18,19)/t10-,11+/m1/s1. The molecule has 6 nitrogen and oxygen atoms in total. The van der Waals surface area contributed by atoms with Gasteiger partial charge in [-0.1, -0.05) is 0 Å². The van der Waals surface area contributed by atoms with E-state index in [-0.39, 0.29) is 17.7 Å². The van der Waals surface area contributed by atoms with Crippen LogP contribution in [0.5, 0.6) is 0 Å². The molecule has 2 atom stereocenters. The molecule has 1 amide bonds. The first-order valence-corrected chi connectivity index (χ1v) is 6.56. The fraction of sp³-hybridized carbons (Fsp3) is 0.615. The van der Waals surface area contributed by atoms with Crippen LogP contribution in [-0.2, 0) is 16.1 Å². The van der Waals surface area contributed by atoms with Gasteiger partial charge in [-0.15, -0.1) is 0 Å². The largest absolute Gasteiger partial charge is 0.481 e. The number of carbonyl (C=O) groups is 2. The highest BCUT2D eigenvalue weighted by molar-refractivity contribution is 5.80. The molecule has 2 rings (SSSR count). The SMILES string of the molecule is Cc1cnn(CCNC(=O)[C@@H]2CC[C@H](C(=O)O)C2)c1. The number of aromatic nitrogens is 2. The van der Waals surface area contributed by atoms with Gasteiger partial charge < -0.3 is 10.4 Å². The maximum absolute atomic E-state index is 11.9. The molecule has 1 aliphatic carbocycles. The molecule has 0 unspecified atom stereocenters. The molecule has 0 radical (unpaired) electrons. The number of amides is 1. The topological polar surface area (TPSA) is 84.2 Å². The summed E-state index contributed by atoms with van der Waals surface area (Å²) in [7, 11) is 0. The van der Waals surface area contributed by atoms with E-state index in [1.165, 1.54) is 0 Å². The highest BCUT2D eigenvalue weighted by atomic mass is 16.4. The Hall–Kier alpha value is -1.85. The molecule has 1 aliphatic rings. The number of carboxylic acids is 1. The lowest BCUT2D eigenvalue weighted by Crippen LogP contribution is -2.32. The van der Waals surface area contributed by atoms with Crippen LogP contribution in [0.4, 0.5) is 0 Å². The predicted molar refractivity (Wildman–Crippen MR) is 68.4 cm³/mol. The molecule has 1 aromatic rings. The number of nitrogens with zero attached hydrogens (tertiary/aromatic N) is 2. The summed E-state index contributed by atoms with van der Waals surface area (Å²) >= 11 is 0. The Morgan fingerprint density at radius 3 is 2.79 bits per heavy atom. The lowest BCUT2D eigenvalue weighted by atomic mass is 10.0. The van der Waals surface area contributed by atoms with Gasteiger partial charge in [0.1, 0.15) is 0 Å². The van der Waals surface area contributed by atoms with Gasteiger partial charge in [-0.3, -0.25) is 14.3 Å². The van der Waals surface area contributed by atoms with E-state index in [0.29, 0.717) is 32.4 Å². The lowest BCUT2D eigenvalue weighted by molar-refractivity contribution is -0.141. The van der Waals surface area contributed by atoms with Crippen LogP contribution in [0, 0.1) is 18.8 Å². The molecule has 0 aliphatic heterocycles. The van der Waals surface area contributed by atoms with Crippen LogP contribution in [0.15, 0.2) is 12.4 Å². The Morgan fingerprint density at radius 2 is 2.21 bits per heavy atom. The van der Waals surface area contributed by atoms with Gasteiger partial charge in [0, 0.05) is 18.7 Å². The number of carbonyl (C=O) groups excluding carboxylic acids is 1. The Labute approximate surface area is 111 Å². The lowest BCUT2D eigenvalue weighted by Gasteiger charge is -2.10. The van der Waals surface area contributed by atoms with Crippen molar-refractivity contribution in [3.63, 3.8) is 0 Å². The molecule has 104 valence electrons. The summed E-state index contributed by atoms with van der Waals surface area (Å²) in [5, 5.41) is 15.9. The molecular weight excluding hydrogens is 246 g/mol. The van der Waals surface area contributed by atoms with Gasteiger partial charge >= 0.3 is 5.97 Å². The second-order valence-electron chi connectivity index (χ2n) is 5.12. The van der Waals surface area contributed by atoms with Crippen molar-refractivity contribution in [1.29, 1.82) is 0 Å². The van der Waals surface area contributed by atoms with Crippen LogP contribution in [0.25, 0.3) is 0 Å². The van der Waals surface area contributed by atoms with E-state index in [1.54, 1.807) is 10.9 Å². The third kappa shape index (κ3) is 3.56. The summed E-state index contributed by atoms with van der Waals surface area (Å²) in [6.45, 7) is 3.12. The van der Waals surface area contributed by atoms with Crippen LogP contribution in [-0.4, -0.2) is 33.3 Å². The van der Waals surface area contributed by atoms with Crippen LogP contribution >= 0.6 is 0 Å². The monoisotopic (exact) mass is 265 g/mol. The Balaban J connectivity index is 1.72. The normalized spacial score (nSPS) is 22.4. The second-order valence-corrected chi connectivity index (χ2v) is 5.12. The number of hydrogen-bond acceptors (Lipinski definition) is 3. The van der Waals surface area contributed by atoms with Gasteiger partial charge in [-0.05, 0) is 31.7 Å². The van der Waals surface area contributed by atoms with Gasteiger partial charge in [0.25, 0.3) is 0 Å². The second kappa shape index (κ2) is 5.86. The third-order valence-corrected chi connectivity index (χ3v) is 3.56. The summed E-state index contributed by atoms with van der Waals surface area (Å²) < 4.78 is 1.78. The predicted octanol–water partition coefficient (Wildman–Crippen LogP) is 0.809. The maximum Gasteiger partial charge on any atom is 0.306 e. The minimum atomic E-state index is -0.790. The Kier molecular flexibility index (Phi) is 4.19. The van der Waals surface area contributed by atoms with Crippen molar-refractivity contribution >= 4 is 11.9 Å². The van der Waals surface area contributed by atoms with Crippen molar-refractivity contribution in [2.24, 2.45) is 11.8 Å². The van der Waals surface area contributed by atoms with Crippen molar-refractivity contribution in [2.75, 3.05) is 6.54 Å². The first-order valence-electron chi connectivity index (χ1n) is 6.56. The Morgan fingerprint density at radius 1 is 1.47 bits per heavy atom. The zero-order valence-corrected chi connectivity index (χ0v) is 11.0. The average Bonchev–Trinajstić information content (AvgIpc) is 2.98. The molecule has 1 fully saturated rings. The van der Waals surface area contributed by atoms with Gasteiger partial charge in [0.05, 0.1) is 18.7 Å². The minimum Gasteiger partial charge on any atom is -0.481 e. The van der Waals surface area contributed by atoms with Crippen LogP contribution in [0.1, 0.15) is 24.8 Å². The minimum absolute atomic E-state index is 0.0346.